The summed E-state index contributed by atoms with van der Waals surface area (Å²) in [6.07, 6.45) is 1.80. The Labute approximate surface area is 129 Å². The Hall–Kier alpha value is -0.690. The Morgan fingerprint density at radius 1 is 1.26 bits per heavy atom. The minimum Gasteiger partial charge on any atom is -0.271 e. The molecule has 0 fully saturated rings. The molecule has 102 valence electrons. The van der Waals surface area contributed by atoms with Crippen LogP contribution in [0.2, 0.25) is 0 Å². The van der Waals surface area contributed by atoms with E-state index in [9.17, 15) is 0 Å². The molecule has 0 bridgehead atoms. The van der Waals surface area contributed by atoms with Gasteiger partial charge in [-0.2, -0.15) is 5.10 Å². The van der Waals surface area contributed by atoms with Crippen LogP contribution in [0.1, 0.15) is 37.2 Å². The second-order valence-corrected chi connectivity index (χ2v) is 6.33. The molecular formula is C13H16Br2N4. The summed E-state index contributed by atoms with van der Waals surface area (Å²) in [5, 5.41) is 4.35. The van der Waals surface area contributed by atoms with Gasteiger partial charge < -0.3 is 0 Å². The first kappa shape index (κ1) is 14.7. The summed E-state index contributed by atoms with van der Waals surface area (Å²) >= 11 is 7.04. The summed E-state index contributed by atoms with van der Waals surface area (Å²) in [6, 6.07) is 8.22. The molecule has 0 saturated carbocycles. The van der Waals surface area contributed by atoms with Gasteiger partial charge in [-0.05, 0) is 37.6 Å². The third-order valence-corrected chi connectivity index (χ3v) is 4.11. The van der Waals surface area contributed by atoms with Crippen LogP contribution in [0.5, 0.6) is 0 Å². The first-order valence-electron chi connectivity index (χ1n) is 5.99. The van der Waals surface area contributed by atoms with Crippen molar-refractivity contribution >= 4 is 31.9 Å². The number of hydrazine groups is 1. The molecule has 2 aromatic rings. The average Bonchev–Trinajstić information content (AvgIpc) is 2.82. The van der Waals surface area contributed by atoms with E-state index >= 15 is 0 Å². The van der Waals surface area contributed by atoms with Crippen LogP contribution in [-0.2, 0) is 0 Å². The molecule has 1 aromatic heterocycles. The fourth-order valence-corrected chi connectivity index (χ4v) is 3.33. The van der Waals surface area contributed by atoms with Gasteiger partial charge >= 0.3 is 0 Å². The minimum atomic E-state index is -0.104. The van der Waals surface area contributed by atoms with Gasteiger partial charge in [-0.1, -0.05) is 37.9 Å². The van der Waals surface area contributed by atoms with Crippen LogP contribution in [0.4, 0.5) is 0 Å². The number of benzene rings is 1. The topological polar surface area (TPSA) is 55.9 Å². The van der Waals surface area contributed by atoms with Crippen molar-refractivity contribution in [1.29, 1.82) is 0 Å². The van der Waals surface area contributed by atoms with Crippen molar-refractivity contribution in [3.8, 4) is 0 Å². The van der Waals surface area contributed by atoms with Crippen LogP contribution in [0.25, 0.3) is 0 Å². The van der Waals surface area contributed by atoms with Crippen LogP contribution in [-0.4, -0.2) is 9.78 Å². The van der Waals surface area contributed by atoms with Gasteiger partial charge in [0, 0.05) is 21.2 Å². The average molecular weight is 388 g/mol. The van der Waals surface area contributed by atoms with Gasteiger partial charge in [0.2, 0.25) is 0 Å². The molecule has 0 amide bonds. The van der Waals surface area contributed by atoms with Crippen LogP contribution in [0.15, 0.2) is 39.4 Å². The first-order chi connectivity index (χ1) is 9.04. The highest BCUT2D eigenvalue weighted by Crippen LogP contribution is 2.31. The zero-order chi connectivity index (χ0) is 14.0. The third-order valence-electron chi connectivity index (χ3n) is 2.93. The minimum absolute atomic E-state index is 0.104. The Morgan fingerprint density at radius 2 is 2.00 bits per heavy atom. The number of hydrogen-bond acceptors (Lipinski definition) is 3. The molecule has 19 heavy (non-hydrogen) atoms. The largest absolute Gasteiger partial charge is 0.271 e. The molecule has 1 unspecified atom stereocenters. The Morgan fingerprint density at radius 3 is 2.58 bits per heavy atom. The zero-order valence-electron chi connectivity index (χ0n) is 10.8. The molecule has 0 saturated heterocycles. The molecular weight excluding hydrogens is 372 g/mol. The van der Waals surface area contributed by atoms with Crippen molar-refractivity contribution in [3.63, 3.8) is 0 Å². The van der Waals surface area contributed by atoms with Crippen LogP contribution in [0, 0.1) is 0 Å². The summed E-state index contributed by atoms with van der Waals surface area (Å²) in [6.45, 7) is 4.20. The summed E-state index contributed by atoms with van der Waals surface area (Å²) in [4.78, 5) is 0. The quantitative estimate of drug-likeness (QED) is 0.623. The summed E-state index contributed by atoms with van der Waals surface area (Å²) in [5.74, 6) is 5.75. The zero-order valence-corrected chi connectivity index (χ0v) is 13.9. The van der Waals surface area contributed by atoms with Crippen molar-refractivity contribution in [2.45, 2.75) is 25.9 Å². The standard InChI is InChI=1S/C13H16Br2N4/c1-8(2)19-12(5-6-17-19)13(18-16)10-4-3-9(14)7-11(10)15/h3-8,13,18H,16H2,1-2H3. The fraction of sp³-hybridized carbons (Fsp3) is 0.308. The molecule has 1 atom stereocenters. The summed E-state index contributed by atoms with van der Waals surface area (Å²) < 4.78 is 4.00. The second kappa shape index (κ2) is 6.17. The molecule has 0 aliphatic heterocycles. The van der Waals surface area contributed by atoms with Crippen molar-refractivity contribution in [3.05, 3.63) is 50.7 Å². The first-order valence-corrected chi connectivity index (χ1v) is 7.57. The van der Waals surface area contributed by atoms with Gasteiger partial charge in [0.05, 0.1) is 11.7 Å². The molecule has 1 aromatic carbocycles. The van der Waals surface area contributed by atoms with E-state index in [1.807, 2.05) is 28.9 Å². The van der Waals surface area contributed by atoms with E-state index in [0.717, 1.165) is 20.2 Å². The number of rotatable bonds is 4. The van der Waals surface area contributed by atoms with Gasteiger partial charge in [-0.15, -0.1) is 0 Å². The molecule has 6 heteroatoms. The Kier molecular flexibility index (Phi) is 4.78. The number of nitrogens with two attached hydrogens (primary N) is 1. The van der Waals surface area contributed by atoms with Gasteiger partial charge in [0.15, 0.2) is 0 Å². The molecule has 3 N–H and O–H groups in total. The number of halogens is 2. The van der Waals surface area contributed by atoms with Crippen LogP contribution < -0.4 is 11.3 Å². The highest BCUT2D eigenvalue weighted by molar-refractivity contribution is 9.11. The third kappa shape index (κ3) is 3.08. The van der Waals surface area contributed by atoms with Crippen molar-refractivity contribution in [1.82, 2.24) is 15.2 Å². The molecule has 2 rings (SSSR count). The summed E-state index contributed by atoms with van der Waals surface area (Å²) in [5.41, 5.74) is 4.99. The van der Waals surface area contributed by atoms with Crippen LogP contribution in [0.3, 0.4) is 0 Å². The van der Waals surface area contributed by atoms with Crippen molar-refractivity contribution in [2.24, 2.45) is 5.84 Å². The molecule has 0 aliphatic carbocycles. The van der Waals surface area contributed by atoms with Gasteiger partial charge in [0.1, 0.15) is 0 Å². The smallest absolute Gasteiger partial charge is 0.0889 e. The molecule has 4 nitrogen and oxygen atoms in total. The van der Waals surface area contributed by atoms with Crippen molar-refractivity contribution in [2.75, 3.05) is 0 Å². The lowest BCUT2D eigenvalue weighted by Gasteiger charge is -2.21. The summed E-state index contributed by atoms with van der Waals surface area (Å²) in [7, 11) is 0. The maximum atomic E-state index is 5.75. The van der Waals surface area contributed by atoms with E-state index in [-0.39, 0.29) is 12.1 Å². The maximum absolute atomic E-state index is 5.75. The second-order valence-electron chi connectivity index (χ2n) is 4.56. The SMILES string of the molecule is CC(C)n1nccc1C(NN)c1ccc(Br)cc1Br. The molecule has 0 spiro atoms. The highest BCUT2D eigenvalue weighted by Gasteiger charge is 2.20. The fourth-order valence-electron chi connectivity index (χ4n) is 2.05. The normalized spacial score (nSPS) is 12.9. The predicted molar refractivity (Wildman–Crippen MR) is 83.6 cm³/mol. The molecule has 0 radical (unpaired) electrons. The molecule has 1 heterocycles. The number of nitrogens with zero attached hydrogens (tertiary/aromatic N) is 2. The van der Waals surface area contributed by atoms with E-state index in [1.54, 1.807) is 6.20 Å². The number of aromatic nitrogens is 2. The predicted octanol–water partition coefficient (Wildman–Crippen LogP) is 3.54. The van der Waals surface area contributed by atoms with E-state index in [4.69, 9.17) is 5.84 Å². The number of hydrogen-bond donors (Lipinski definition) is 2. The number of nitrogens with one attached hydrogen (secondary N) is 1. The lowest BCUT2D eigenvalue weighted by molar-refractivity contribution is 0.476. The van der Waals surface area contributed by atoms with Gasteiger partial charge in [-0.25, -0.2) is 5.43 Å². The monoisotopic (exact) mass is 386 g/mol. The Balaban J connectivity index is 2.47. The van der Waals surface area contributed by atoms with E-state index in [2.05, 4.69) is 56.2 Å². The van der Waals surface area contributed by atoms with Crippen LogP contribution >= 0.6 is 31.9 Å². The van der Waals surface area contributed by atoms with E-state index < -0.39 is 0 Å². The van der Waals surface area contributed by atoms with Gasteiger partial charge in [-0.3, -0.25) is 10.5 Å². The highest BCUT2D eigenvalue weighted by atomic mass is 79.9. The van der Waals surface area contributed by atoms with Gasteiger partial charge in [0.25, 0.3) is 0 Å². The van der Waals surface area contributed by atoms with E-state index in [0.29, 0.717) is 0 Å². The Bertz CT molecular complexity index is 566. The lowest BCUT2D eigenvalue weighted by Crippen LogP contribution is -2.31. The van der Waals surface area contributed by atoms with Crippen molar-refractivity contribution < 1.29 is 0 Å². The van der Waals surface area contributed by atoms with E-state index in [1.165, 1.54) is 0 Å². The molecule has 0 aliphatic rings. The maximum Gasteiger partial charge on any atom is 0.0889 e. The lowest BCUT2D eigenvalue weighted by atomic mass is 10.0.